The third-order valence-electron chi connectivity index (χ3n) is 3.36. The van der Waals surface area contributed by atoms with Gasteiger partial charge in [0.1, 0.15) is 4.83 Å². The summed E-state index contributed by atoms with van der Waals surface area (Å²) in [4.78, 5) is 12.2. The van der Waals surface area contributed by atoms with Crippen molar-refractivity contribution in [2.75, 3.05) is 17.4 Å². The number of nitrogens with zero attached hydrogens (tertiary/aromatic N) is 3. The van der Waals surface area contributed by atoms with Crippen LogP contribution in [0.15, 0.2) is 35.7 Å². The van der Waals surface area contributed by atoms with Gasteiger partial charge in [0.2, 0.25) is 0 Å². The van der Waals surface area contributed by atoms with E-state index in [1.807, 2.05) is 18.5 Å². The summed E-state index contributed by atoms with van der Waals surface area (Å²) in [6, 6.07) is 10.4. The highest BCUT2D eigenvalue weighted by Crippen LogP contribution is 2.25. The summed E-state index contributed by atoms with van der Waals surface area (Å²) in [6.45, 7) is 2.71. The molecule has 3 aromatic rings. The quantitative estimate of drug-likeness (QED) is 0.573. The third-order valence-corrected chi connectivity index (χ3v) is 4.17. The number of fused-ring (bicyclic) bond motifs is 1. The van der Waals surface area contributed by atoms with Crippen molar-refractivity contribution in [1.82, 2.24) is 9.97 Å². The van der Waals surface area contributed by atoms with Gasteiger partial charge in [0, 0.05) is 12.7 Å². The van der Waals surface area contributed by atoms with Gasteiger partial charge in [-0.05, 0) is 30.5 Å². The van der Waals surface area contributed by atoms with Crippen LogP contribution >= 0.6 is 11.3 Å². The molecule has 6 heteroatoms. The van der Waals surface area contributed by atoms with Gasteiger partial charge >= 0.3 is 0 Å². The summed E-state index contributed by atoms with van der Waals surface area (Å²) >= 11 is 1.59. The molecule has 0 radical (unpaired) electrons. The van der Waals surface area contributed by atoms with Gasteiger partial charge in [0.05, 0.1) is 11.9 Å². The van der Waals surface area contributed by atoms with Crippen molar-refractivity contribution in [2.45, 2.75) is 13.5 Å². The second kappa shape index (κ2) is 5.67. The van der Waals surface area contributed by atoms with Gasteiger partial charge < -0.3 is 10.3 Å². The minimum Gasteiger partial charge on any atom is -0.367 e. The summed E-state index contributed by atoms with van der Waals surface area (Å²) in [5.74, 6) is 6.98. The Labute approximate surface area is 127 Å². The van der Waals surface area contributed by atoms with Gasteiger partial charge in [-0.3, -0.25) is 0 Å². The molecule has 2 aromatic heterocycles. The summed E-state index contributed by atoms with van der Waals surface area (Å²) in [6.07, 6.45) is 0. The molecular weight excluding hydrogens is 282 g/mol. The molecule has 2 heterocycles. The number of anilines is 2. The molecule has 0 fully saturated rings. The van der Waals surface area contributed by atoms with E-state index in [1.54, 1.807) is 11.3 Å². The van der Waals surface area contributed by atoms with Crippen molar-refractivity contribution in [3.8, 4) is 0 Å². The molecule has 0 saturated heterocycles. The Kier molecular flexibility index (Phi) is 3.72. The van der Waals surface area contributed by atoms with Crippen molar-refractivity contribution < 1.29 is 0 Å². The van der Waals surface area contributed by atoms with Crippen molar-refractivity contribution in [3.63, 3.8) is 0 Å². The van der Waals surface area contributed by atoms with E-state index in [0.717, 1.165) is 21.7 Å². The van der Waals surface area contributed by atoms with Crippen LogP contribution in [0.4, 0.5) is 11.5 Å². The normalized spacial score (nSPS) is 10.8. The summed E-state index contributed by atoms with van der Waals surface area (Å²) in [5.41, 5.74) is 5.04. The predicted molar refractivity (Wildman–Crippen MR) is 88.5 cm³/mol. The molecule has 0 aliphatic carbocycles. The third kappa shape index (κ3) is 2.81. The maximum atomic E-state index is 5.55. The highest BCUT2D eigenvalue weighted by molar-refractivity contribution is 7.16. The molecular formula is C15H17N5S. The fraction of sp³-hybridized carbons (Fsp3) is 0.200. The molecule has 21 heavy (non-hydrogen) atoms. The number of nitrogens with two attached hydrogens (primary N) is 1. The van der Waals surface area contributed by atoms with E-state index >= 15 is 0 Å². The fourth-order valence-corrected chi connectivity index (χ4v) is 2.97. The zero-order chi connectivity index (χ0) is 14.8. The van der Waals surface area contributed by atoms with E-state index in [2.05, 4.69) is 51.5 Å². The van der Waals surface area contributed by atoms with E-state index in [1.165, 1.54) is 5.56 Å². The molecule has 0 aliphatic heterocycles. The predicted octanol–water partition coefficient (Wildman–Crippen LogP) is 2.92. The first-order valence-corrected chi connectivity index (χ1v) is 7.54. The average molecular weight is 299 g/mol. The van der Waals surface area contributed by atoms with Crippen LogP contribution in [0.2, 0.25) is 0 Å². The molecule has 5 nitrogen and oxygen atoms in total. The van der Waals surface area contributed by atoms with Crippen LogP contribution in [-0.4, -0.2) is 17.0 Å². The van der Waals surface area contributed by atoms with Crippen LogP contribution in [0.3, 0.4) is 0 Å². The largest absolute Gasteiger partial charge is 0.367 e. The molecule has 0 spiro atoms. The van der Waals surface area contributed by atoms with Crippen LogP contribution in [-0.2, 0) is 6.54 Å². The van der Waals surface area contributed by atoms with E-state index in [9.17, 15) is 0 Å². The van der Waals surface area contributed by atoms with Gasteiger partial charge in [-0.15, -0.1) is 11.3 Å². The van der Waals surface area contributed by atoms with E-state index in [-0.39, 0.29) is 0 Å². The standard InChI is InChI=1S/C15H17N5S/c1-10-3-5-11(6-4-10)20(2)9-13-17-14(19-16)12-7-8-21-15(12)18-13/h3-8H,9,16H2,1-2H3,(H,17,18,19). The smallest absolute Gasteiger partial charge is 0.152 e. The molecule has 0 bridgehead atoms. The minimum absolute atomic E-state index is 0.631. The number of nitrogen functional groups attached to an aromatic ring is 1. The Hall–Kier alpha value is -2.18. The van der Waals surface area contributed by atoms with Crippen LogP contribution in [0.5, 0.6) is 0 Å². The zero-order valence-electron chi connectivity index (χ0n) is 12.0. The number of nitrogens with one attached hydrogen (secondary N) is 1. The van der Waals surface area contributed by atoms with Gasteiger partial charge in [-0.1, -0.05) is 17.7 Å². The van der Waals surface area contributed by atoms with Crippen molar-refractivity contribution >= 4 is 33.1 Å². The van der Waals surface area contributed by atoms with E-state index in [4.69, 9.17) is 5.84 Å². The highest BCUT2D eigenvalue weighted by Gasteiger charge is 2.10. The Bertz CT molecular complexity index is 750. The minimum atomic E-state index is 0.631. The second-order valence-electron chi connectivity index (χ2n) is 4.96. The number of hydrazine groups is 1. The van der Waals surface area contributed by atoms with Gasteiger partial charge in [0.15, 0.2) is 11.6 Å². The maximum Gasteiger partial charge on any atom is 0.152 e. The first-order chi connectivity index (χ1) is 10.2. The number of benzene rings is 1. The first kappa shape index (κ1) is 13.8. The Morgan fingerprint density at radius 2 is 1.95 bits per heavy atom. The summed E-state index contributed by atoms with van der Waals surface area (Å²) in [5, 5.41) is 2.96. The summed E-state index contributed by atoms with van der Waals surface area (Å²) < 4.78 is 0. The van der Waals surface area contributed by atoms with Gasteiger partial charge in [-0.2, -0.15) is 0 Å². The Balaban J connectivity index is 1.88. The number of hydrogen-bond acceptors (Lipinski definition) is 6. The number of thiophene rings is 1. The molecule has 1 aromatic carbocycles. The number of hydrogen-bond donors (Lipinski definition) is 2. The van der Waals surface area contributed by atoms with E-state index < -0.39 is 0 Å². The average Bonchev–Trinajstić information content (AvgIpc) is 2.95. The molecule has 0 amide bonds. The van der Waals surface area contributed by atoms with Crippen molar-refractivity contribution in [1.29, 1.82) is 0 Å². The van der Waals surface area contributed by atoms with Crippen molar-refractivity contribution in [2.24, 2.45) is 5.84 Å². The van der Waals surface area contributed by atoms with Gasteiger partial charge in [0.25, 0.3) is 0 Å². The van der Waals surface area contributed by atoms with Crippen LogP contribution < -0.4 is 16.2 Å². The number of aromatic nitrogens is 2. The molecule has 3 N–H and O–H groups in total. The molecule has 0 aliphatic rings. The van der Waals surface area contributed by atoms with E-state index in [0.29, 0.717) is 12.4 Å². The lowest BCUT2D eigenvalue weighted by Gasteiger charge is -2.19. The van der Waals surface area contributed by atoms with Crippen LogP contribution in [0.1, 0.15) is 11.4 Å². The van der Waals surface area contributed by atoms with Gasteiger partial charge in [-0.25, -0.2) is 15.8 Å². The van der Waals surface area contributed by atoms with Crippen LogP contribution in [0.25, 0.3) is 10.2 Å². The lowest BCUT2D eigenvalue weighted by atomic mass is 10.2. The maximum absolute atomic E-state index is 5.55. The molecule has 0 unspecified atom stereocenters. The Morgan fingerprint density at radius 3 is 2.67 bits per heavy atom. The topological polar surface area (TPSA) is 67.1 Å². The van der Waals surface area contributed by atoms with Crippen molar-refractivity contribution in [3.05, 3.63) is 47.1 Å². The zero-order valence-corrected chi connectivity index (χ0v) is 12.8. The first-order valence-electron chi connectivity index (χ1n) is 6.66. The second-order valence-corrected chi connectivity index (χ2v) is 5.86. The molecule has 108 valence electrons. The number of aryl methyl sites for hydroxylation is 1. The van der Waals surface area contributed by atoms with Crippen LogP contribution in [0, 0.1) is 6.92 Å². The fourth-order valence-electron chi connectivity index (χ4n) is 2.18. The number of rotatable bonds is 4. The molecule has 0 saturated carbocycles. The lowest BCUT2D eigenvalue weighted by molar-refractivity contribution is 0.849. The summed E-state index contributed by atoms with van der Waals surface area (Å²) in [7, 11) is 2.03. The SMILES string of the molecule is Cc1ccc(N(C)Cc2nc(NN)c3ccsc3n2)cc1. The lowest BCUT2D eigenvalue weighted by Crippen LogP contribution is -2.19. The highest BCUT2D eigenvalue weighted by atomic mass is 32.1. The molecule has 0 atom stereocenters. The Morgan fingerprint density at radius 1 is 1.19 bits per heavy atom. The molecule has 3 rings (SSSR count). The monoisotopic (exact) mass is 299 g/mol.